The Hall–Kier alpha value is -1.91. The minimum Gasteiger partial charge on any atom is -0.493 e. The molecule has 0 bridgehead atoms. The number of carbonyl (C=O) groups is 1. The highest BCUT2D eigenvalue weighted by Crippen LogP contribution is 2.38. The molecule has 2 aliphatic rings. The molecule has 9 heteroatoms. The van der Waals surface area contributed by atoms with E-state index in [9.17, 15) is 4.79 Å². The second-order valence-electron chi connectivity index (χ2n) is 8.48. The van der Waals surface area contributed by atoms with Gasteiger partial charge >= 0.3 is 0 Å². The molecule has 8 nitrogen and oxygen atoms in total. The second-order valence-corrected chi connectivity index (χ2v) is 8.48. The van der Waals surface area contributed by atoms with Crippen LogP contribution in [-0.2, 0) is 11.3 Å². The van der Waals surface area contributed by atoms with Crippen molar-refractivity contribution in [2.75, 3.05) is 41.0 Å². The molecule has 1 aliphatic carbocycles. The van der Waals surface area contributed by atoms with Crippen molar-refractivity contribution in [2.24, 2.45) is 10.9 Å². The predicted molar refractivity (Wildman–Crippen MR) is 141 cm³/mol. The van der Waals surface area contributed by atoms with Crippen molar-refractivity contribution in [1.82, 2.24) is 15.5 Å². The number of aliphatic imine (C=N–C) groups is 1. The number of hydrogen-bond donors (Lipinski definition) is 2. The quantitative estimate of drug-likeness (QED) is 0.281. The maximum atomic E-state index is 12.9. The Morgan fingerprint density at radius 1 is 1.06 bits per heavy atom. The molecule has 1 atom stereocenters. The molecule has 1 aromatic carbocycles. The Bertz CT molecular complexity index is 774. The third-order valence-corrected chi connectivity index (χ3v) is 6.28. The minimum absolute atomic E-state index is 0. The third-order valence-electron chi connectivity index (χ3n) is 6.28. The lowest BCUT2D eigenvalue weighted by Gasteiger charge is -2.26. The average Bonchev–Trinajstić information content (AvgIpc) is 3.30. The van der Waals surface area contributed by atoms with Crippen molar-refractivity contribution in [2.45, 2.75) is 58.0 Å². The van der Waals surface area contributed by atoms with E-state index in [-0.39, 0.29) is 35.9 Å². The summed E-state index contributed by atoms with van der Waals surface area (Å²) in [4.78, 5) is 19.6. The summed E-state index contributed by atoms with van der Waals surface area (Å²) in [5.74, 6) is 3.11. The van der Waals surface area contributed by atoms with Gasteiger partial charge in [0.25, 0.3) is 0 Å². The Balaban J connectivity index is 0.00000385. The lowest BCUT2D eigenvalue weighted by molar-refractivity contribution is -0.135. The van der Waals surface area contributed by atoms with Gasteiger partial charge in [0.05, 0.1) is 27.9 Å². The van der Waals surface area contributed by atoms with E-state index in [0.717, 1.165) is 50.4 Å². The van der Waals surface area contributed by atoms with Gasteiger partial charge in [-0.25, -0.2) is 4.99 Å². The van der Waals surface area contributed by atoms with Crippen LogP contribution in [0, 0.1) is 5.92 Å². The molecule has 1 heterocycles. The second kappa shape index (κ2) is 13.7. The maximum Gasteiger partial charge on any atom is 0.225 e. The number of ether oxygens (including phenoxy) is 3. The SMILES string of the molecule is CCNC(=NCc1cc(OC)c(OC)c(OC)c1)NC1CCN(C(=O)C2CCCCC2)C1.I. The molecule has 2 N–H and O–H groups in total. The van der Waals surface area contributed by atoms with E-state index < -0.39 is 0 Å². The topological polar surface area (TPSA) is 84.4 Å². The summed E-state index contributed by atoms with van der Waals surface area (Å²) in [6.07, 6.45) is 6.67. The number of nitrogens with zero attached hydrogens (tertiary/aromatic N) is 2. The smallest absolute Gasteiger partial charge is 0.225 e. The number of halogens is 1. The first kappa shape index (κ1) is 27.3. The number of likely N-dealkylation sites (tertiary alicyclic amines) is 1. The zero-order valence-corrected chi connectivity index (χ0v) is 22.6. The molecule has 1 amide bonds. The van der Waals surface area contributed by atoms with E-state index in [1.54, 1.807) is 21.3 Å². The summed E-state index contributed by atoms with van der Waals surface area (Å²) in [7, 11) is 4.81. The molecule has 33 heavy (non-hydrogen) atoms. The van der Waals surface area contributed by atoms with Crippen LogP contribution in [0.2, 0.25) is 0 Å². The van der Waals surface area contributed by atoms with E-state index in [1.165, 1.54) is 19.3 Å². The van der Waals surface area contributed by atoms with Crippen LogP contribution in [0.1, 0.15) is 51.0 Å². The molecule has 1 unspecified atom stereocenters. The lowest BCUT2D eigenvalue weighted by atomic mass is 9.88. The largest absolute Gasteiger partial charge is 0.493 e. The molecule has 2 fully saturated rings. The van der Waals surface area contributed by atoms with Crippen LogP contribution in [0.15, 0.2) is 17.1 Å². The Labute approximate surface area is 214 Å². The van der Waals surface area contributed by atoms with E-state index in [1.807, 2.05) is 24.0 Å². The zero-order chi connectivity index (χ0) is 22.9. The summed E-state index contributed by atoms with van der Waals surface area (Å²) in [5, 5.41) is 6.83. The average molecular weight is 575 g/mol. The fourth-order valence-electron chi connectivity index (χ4n) is 4.60. The first-order valence-corrected chi connectivity index (χ1v) is 11.7. The molecule has 0 radical (unpaired) electrons. The molecule has 1 saturated heterocycles. The van der Waals surface area contributed by atoms with Gasteiger partial charge in [-0.05, 0) is 43.9 Å². The third kappa shape index (κ3) is 7.28. The molecule has 1 aliphatic heterocycles. The fraction of sp³-hybridized carbons (Fsp3) is 0.667. The summed E-state index contributed by atoms with van der Waals surface area (Å²) in [6.45, 7) is 4.83. The van der Waals surface area contributed by atoms with Gasteiger partial charge in [-0.3, -0.25) is 4.79 Å². The fourth-order valence-corrected chi connectivity index (χ4v) is 4.60. The summed E-state index contributed by atoms with van der Waals surface area (Å²) >= 11 is 0. The van der Waals surface area contributed by atoms with Crippen molar-refractivity contribution in [1.29, 1.82) is 0 Å². The first-order valence-electron chi connectivity index (χ1n) is 11.7. The van der Waals surface area contributed by atoms with Crippen LogP contribution < -0.4 is 24.8 Å². The molecule has 3 rings (SSSR count). The highest BCUT2D eigenvalue weighted by molar-refractivity contribution is 14.0. The molecule has 1 aromatic rings. The van der Waals surface area contributed by atoms with E-state index in [2.05, 4.69) is 10.6 Å². The lowest BCUT2D eigenvalue weighted by Crippen LogP contribution is -2.45. The first-order chi connectivity index (χ1) is 15.6. The van der Waals surface area contributed by atoms with Gasteiger partial charge in [-0.1, -0.05) is 19.3 Å². The van der Waals surface area contributed by atoms with Gasteiger partial charge in [0.2, 0.25) is 11.7 Å². The van der Waals surface area contributed by atoms with Gasteiger partial charge in [-0.15, -0.1) is 24.0 Å². The molecular weight excluding hydrogens is 535 g/mol. The van der Waals surface area contributed by atoms with Gasteiger partial charge in [0, 0.05) is 31.6 Å². The maximum absolute atomic E-state index is 12.9. The molecule has 0 aromatic heterocycles. The van der Waals surface area contributed by atoms with Crippen LogP contribution in [0.25, 0.3) is 0 Å². The monoisotopic (exact) mass is 574 g/mol. The number of amides is 1. The number of nitrogens with one attached hydrogen (secondary N) is 2. The molecule has 186 valence electrons. The standard InChI is InChI=1S/C24H38N4O4.HI/c1-5-25-24(26-15-17-13-20(30-2)22(32-4)21(14-17)31-3)27-19-11-12-28(16-19)23(29)18-9-7-6-8-10-18;/h13-14,18-19H,5-12,15-16H2,1-4H3,(H2,25,26,27);1H. The zero-order valence-electron chi connectivity index (χ0n) is 20.3. The van der Waals surface area contributed by atoms with Crippen LogP contribution >= 0.6 is 24.0 Å². The van der Waals surface area contributed by atoms with E-state index in [0.29, 0.717) is 29.7 Å². The molecule has 1 saturated carbocycles. The highest BCUT2D eigenvalue weighted by Gasteiger charge is 2.31. The van der Waals surface area contributed by atoms with Gasteiger partial charge in [0.1, 0.15) is 0 Å². The van der Waals surface area contributed by atoms with Crippen molar-refractivity contribution >= 4 is 35.8 Å². The van der Waals surface area contributed by atoms with Crippen LogP contribution in [0.4, 0.5) is 0 Å². The van der Waals surface area contributed by atoms with Crippen LogP contribution in [-0.4, -0.2) is 63.8 Å². The number of hydrogen-bond acceptors (Lipinski definition) is 5. The van der Waals surface area contributed by atoms with Crippen molar-refractivity contribution in [3.63, 3.8) is 0 Å². The van der Waals surface area contributed by atoms with Crippen LogP contribution in [0.3, 0.4) is 0 Å². The van der Waals surface area contributed by atoms with Crippen molar-refractivity contribution in [3.8, 4) is 17.2 Å². The number of methoxy groups -OCH3 is 3. The summed E-state index contributed by atoms with van der Waals surface area (Å²) < 4.78 is 16.3. The number of benzene rings is 1. The number of rotatable bonds is 8. The normalized spacial score (nSPS) is 19.0. The molecule has 0 spiro atoms. The van der Waals surface area contributed by atoms with E-state index >= 15 is 0 Å². The predicted octanol–water partition coefficient (Wildman–Crippen LogP) is 3.57. The summed E-state index contributed by atoms with van der Waals surface area (Å²) in [6, 6.07) is 4.03. The summed E-state index contributed by atoms with van der Waals surface area (Å²) in [5.41, 5.74) is 0.956. The Morgan fingerprint density at radius 2 is 1.73 bits per heavy atom. The van der Waals surface area contributed by atoms with Crippen molar-refractivity contribution < 1.29 is 19.0 Å². The van der Waals surface area contributed by atoms with Gasteiger partial charge in [-0.2, -0.15) is 0 Å². The Kier molecular flexibility index (Phi) is 11.4. The highest BCUT2D eigenvalue weighted by atomic mass is 127. The molecular formula is C24H39IN4O4. The van der Waals surface area contributed by atoms with Crippen LogP contribution in [0.5, 0.6) is 17.2 Å². The Morgan fingerprint density at radius 3 is 2.30 bits per heavy atom. The van der Waals surface area contributed by atoms with Crippen molar-refractivity contribution in [3.05, 3.63) is 17.7 Å². The van der Waals surface area contributed by atoms with E-state index in [4.69, 9.17) is 19.2 Å². The minimum atomic E-state index is 0. The number of guanidine groups is 1. The van der Waals surface area contributed by atoms with Gasteiger partial charge < -0.3 is 29.7 Å². The number of carbonyl (C=O) groups excluding carboxylic acids is 1. The van der Waals surface area contributed by atoms with Gasteiger partial charge in [0.15, 0.2) is 17.5 Å².